The molecule has 0 aromatic carbocycles. The van der Waals surface area contributed by atoms with Crippen LogP contribution in [-0.4, -0.2) is 128 Å². The van der Waals surface area contributed by atoms with Crippen LogP contribution in [0.25, 0.3) is 0 Å². The molecule has 0 spiro atoms. The zero-order chi connectivity index (χ0) is 26.9. The molecule has 0 amide bonds. The van der Waals surface area contributed by atoms with Crippen LogP contribution >= 0.6 is 23.5 Å². The minimum atomic E-state index is -5.05. The Labute approximate surface area is 181 Å². The molecule has 19 nitrogen and oxygen atoms in total. The van der Waals surface area contributed by atoms with Crippen molar-refractivity contribution in [2.24, 2.45) is 10.8 Å². The number of hydrogen-bond acceptors (Lipinski definition) is 12. The summed E-state index contributed by atoms with van der Waals surface area (Å²) in [4.78, 5) is 52.6. The van der Waals surface area contributed by atoms with Crippen molar-refractivity contribution in [1.82, 2.24) is 0 Å². The first kappa shape index (κ1) is 39.3. The van der Waals surface area contributed by atoms with Gasteiger partial charge in [-0.3, -0.25) is 0 Å². The van der Waals surface area contributed by atoms with Crippen LogP contribution in [0.1, 0.15) is 0 Å². The number of hydrogen-bond donors (Lipinski definition) is 15. The van der Waals surface area contributed by atoms with E-state index in [-0.39, 0.29) is 0 Å². The minimum Gasteiger partial charge on any atom is -0.396 e. The lowest BCUT2D eigenvalue weighted by Crippen LogP contribution is -2.37. The van der Waals surface area contributed by atoms with E-state index in [1.807, 2.05) is 0 Å². The highest BCUT2D eigenvalue weighted by atomic mass is 31.3. The quantitative estimate of drug-likeness (QED) is 0.113. The van der Waals surface area contributed by atoms with E-state index in [4.69, 9.17) is 79.7 Å². The first-order valence-corrected chi connectivity index (χ1v) is 12.3. The van der Waals surface area contributed by atoms with Crippen LogP contribution in [0.3, 0.4) is 0 Å². The molecular weight excluding hydrogens is 517 g/mol. The highest BCUT2D eigenvalue weighted by Gasteiger charge is 2.28. The van der Waals surface area contributed by atoms with Crippen molar-refractivity contribution in [2.75, 3.05) is 52.9 Å². The molecule has 0 saturated carbocycles. The lowest BCUT2D eigenvalue weighted by Gasteiger charge is -2.23. The van der Waals surface area contributed by atoms with E-state index >= 15 is 0 Å². The predicted octanol–water partition coefficient (Wildman–Crippen LogP) is -5.86. The summed E-state index contributed by atoms with van der Waals surface area (Å²) in [6.45, 7) is -3.25. The van der Waals surface area contributed by atoms with Crippen molar-refractivity contribution in [3.8, 4) is 0 Å². The van der Waals surface area contributed by atoms with Crippen molar-refractivity contribution < 1.29 is 93.1 Å². The van der Waals surface area contributed by atoms with Crippen LogP contribution in [-0.2, 0) is 18.0 Å². The second-order valence-electron chi connectivity index (χ2n) is 5.84. The van der Waals surface area contributed by atoms with Gasteiger partial charge in [-0.15, -0.1) is 0 Å². The smallest absolute Gasteiger partial charge is 0.396 e. The highest BCUT2D eigenvalue weighted by molar-refractivity contribution is 7.60. The van der Waals surface area contributed by atoms with Gasteiger partial charge < -0.3 is 75.1 Å². The van der Waals surface area contributed by atoms with Crippen LogP contribution in [0, 0.1) is 10.8 Å². The first-order chi connectivity index (χ1) is 14.2. The zero-order valence-electron chi connectivity index (χ0n) is 16.3. The van der Waals surface area contributed by atoms with Crippen molar-refractivity contribution in [2.45, 2.75) is 0 Å². The molecule has 0 aliphatic carbocycles. The van der Waals surface area contributed by atoms with E-state index in [0.29, 0.717) is 0 Å². The minimum absolute atomic E-state index is 0.406. The SMILES string of the molecule is O=P(O)(O)O.O=P(O)(O)OP(=O)(O)O.OCC(CO)(CO)CO.OCC(CO)(CO)CO. The summed E-state index contributed by atoms with van der Waals surface area (Å²) < 4.78 is 31.1. The number of phosphoric acid groups is 3. The lowest BCUT2D eigenvalue weighted by molar-refractivity contribution is -0.0332. The number of rotatable bonds is 10. The van der Waals surface area contributed by atoms with Gasteiger partial charge in [-0.25, -0.2) is 13.7 Å². The Bertz CT molecular complexity index is 489. The van der Waals surface area contributed by atoms with Gasteiger partial charge in [0, 0.05) is 0 Å². The molecule has 0 heterocycles. The summed E-state index contributed by atoms with van der Waals surface area (Å²) in [5.74, 6) is 0. The monoisotopic (exact) mass is 548 g/mol. The van der Waals surface area contributed by atoms with E-state index in [1.54, 1.807) is 0 Å². The second kappa shape index (κ2) is 18.4. The van der Waals surface area contributed by atoms with Crippen molar-refractivity contribution in [1.29, 1.82) is 0 Å². The number of aliphatic hydroxyl groups excluding tert-OH is 8. The van der Waals surface area contributed by atoms with Crippen molar-refractivity contribution in [3.05, 3.63) is 0 Å². The molecule has 0 saturated heterocycles. The highest BCUT2D eigenvalue weighted by Crippen LogP contribution is 2.53. The van der Waals surface area contributed by atoms with Gasteiger partial charge in [-0.2, -0.15) is 4.31 Å². The summed E-state index contributed by atoms with van der Waals surface area (Å²) in [7, 11) is -14.7. The Hall–Kier alpha value is 0.0500. The average molecular weight is 548 g/mol. The Morgan fingerprint density at radius 3 is 0.562 bits per heavy atom. The van der Waals surface area contributed by atoms with Gasteiger partial charge in [-0.05, 0) is 0 Å². The maximum atomic E-state index is 9.63. The van der Waals surface area contributed by atoms with E-state index in [2.05, 4.69) is 4.31 Å². The van der Waals surface area contributed by atoms with Crippen LogP contribution in [0.5, 0.6) is 0 Å². The van der Waals surface area contributed by atoms with Gasteiger partial charge in [-0.1, -0.05) is 0 Å². The van der Waals surface area contributed by atoms with E-state index in [9.17, 15) is 9.13 Å². The first-order valence-electron chi connectivity index (χ1n) is 7.67. The normalized spacial score (nSPS) is 12.5. The Balaban J connectivity index is -0.000000167. The fourth-order valence-corrected chi connectivity index (χ4v) is 1.85. The van der Waals surface area contributed by atoms with Crippen molar-refractivity contribution in [3.63, 3.8) is 0 Å². The molecule has 0 aromatic heterocycles. The second-order valence-corrected chi connectivity index (χ2v) is 9.48. The third-order valence-electron chi connectivity index (χ3n) is 2.90. The molecular formula is C10H31O19P3. The van der Waals surface area contributed by atoms with Crippen LogP contribution in [0.2, 0.25) is 0 Å². The van der Waals surface area contributed by atoms with Crippen molar-refractivity contribution >= 4 is 23.5 Å². The van der Waals surface area contributed by atoms with E-state index < -0.39 is 87.2 Å². The molecule has 0 unspecified atom stereocenters. The summed E-state index contributed by atoms with van der Waals surface area (Å²) in [5.41, 5.74) is -2.22. The average Bonchev–Trinajstić information content (AvgIpc) is 2.63. The maximum absolute atomic E-state index is 9.63. The third-order valence-corrected chi connectivity index (χ3v) is 4.60. The summed E-state index contributed by atoms with van der Waals surface area (Å²) in [5, 5.41) is 68.0. The van der Waals surface area contributed by atoms with Crippen LogP contribution in [0.15, 0.2) is 0 Å². The predicted molar refractivity (Wildman–Crippen MR) is 101 cm³/mol. The van der Waals surface area contributed by atoms with E-state index in [0.717, 1.165) is 0 Å². The Kier molecular flexibility index (Phi) is 22.6. The topological polar surface area (TPSA) is 364 Å². The Morgan fingerprint density at radius 2 is 0.562 bits per heavy atom. The molecule has 0 atom stereocenters. The Morgan fingerprint density at radius 1 is 0.438 bits per heavy atom. The molecule has 0 fully saturated rings. The molecule has 32 heavy (non-hydrogen) atoms. The molecule has 0 aliphatic rings. The number of aliphatic hydroxyl groups is 8. The molecule has 0 aromatic rings. The van der Waals surface area contributed by atoms with E-state index in [1.165, 1.54) is 0 Å². The molecule has 0 bridgehead atoms. The molecule has 0 radical (unpaired) electrons. The standard InChI is InChI=1S/2C5H12O4.H4O7P2.H3O4P/c2*6-1-5(2-7,3-8)4-9;1-8(2,3)7-9(4,5)6;1-5(2,3)4/h2*6-9H,1-4H2;(H2,1,2,3)(H2,4,5,6);(H3,1,2,3,4). The molecule has 0 rings (SSSR count). The zero-order valence-corrected chi connectivity index (χ0v) is 19.0. The molecule has 15 N–H and O–H groups in total. The van der Waals surface area contributed by atoms with Gasteiger partial charge in [0.15, 0.2) is 0 Å². The van der Waals surface area contributed by atoms with Gasteiger partial charge in [0.25, 0.3) is 0 Å². The van der Waals surface area contributed by atoms with Crippen LogP contribution < -0.4 is 0 Å². The largest absolute Gasteiger partial charge is 0.478 e. The van der Waals surface area contributed by atoms with Crippen LogP contribution in [0.4, 0.5) is 0 Å². The third kappa shape index (κ3) is 28.1. The fourth-order valence-electron chi connectivity index (χ4n) is 0.739. The summed E-state index contributed by atoms with van der Waals surface area (Å²) >= 11 is 0. The lowest BCUT2D eigenvalue weighted by atomic mass is 9.93. The van der Waals surface area contributed by atoms with Gasteiger partial charge in [0.1, 0.15) is 0 Å². The molecule has 200 valence electrons. The molecule has 0 aliphatic heterocycles. The van der Waals surface area contributed by atoms with Gasteiger partial charge >= 0.3 is 23.5 Å². The fraction of sp³-hybridized carbons (Fsp3) is 1.00. The summed E-state index contributed by atoms with van der Waals surface area (Å²) in [6.07, 6.45) is 0. The molecule has 22 heteroatoms. The maximum Gasteiger partial charge on any atom is 0.478 e. The van der Waals surface area contributed by atoms with Gasteiger partial charge in [0.05, 0.1) is 63.7 Å². The van der Waals surface area contributed by atoms with Gasteiger partial charge in [0.2, 0.25) is 0 Å². The summed E-state index contributed by atoms with van der Waals surface area (Å²) in [6, 6.07) is 0.